The number of pyridine rings is 1. The molecule has 0 amide bonds. The molecule has 0 fully saturated rings. The van der Waals surface area contributed by atoms with Crippen LogP contribution in [-0.4, -0.2) is 9.38 Å². The molecule has 3 nitrogen and oxygen atoms in total. The van der Waals surface area contributed by atoms with Crippen LogP contribution in [0.3, 0.4) is 0 Å². The molecule has 1 aromatic carbocycles. The Bertz CT molecular complexity index is 769. The van der Waals surface area contributed by atoms with Crippen molar-refractivity contribution in [2.45, 2.75) is 20.8 Å². The summed E-state index contributed by atoms with van der Waals surface area (Å²) in [5.74, 6) is 0.975. The van der Waals surface area contributed by atoms with E-state index in [1.54, 1.807) is 0 Å². The summed E-state index contributed by atoms with van der Waals surface area (Å²) in [5, 5.41) is 0. The van der Waals surface area contributed by atoms with Crippen molar-refractivity contribution in [3.8, 4) is 11.3 Å². The SMILES string of the molecule is Cc1ccc(-c2nc(C)n3ccc(N)cc23)cc1C. The highest BCUT2D eigenvalue weighted by molar-refractivity contribution is 5.80. The third-order valence-electron chi connectivity index (χ3n) is 3.62. The van der Waals surface area contributed by atoms with E-state index < -0.39 is 0 Å². The van der Waals surface area contributed by atoms with E-state index in [-0.39, 0.29) is 0 Å². The van der Waals surface area contributed by atoms with Crippen molar-refractivity contribution in [3.63, 3.8) is 0 Å². The second-order valence-corrected chi connectivity index (χ2v) is 5.02. The molecule has 0 aliphatic heterocycles. The first-order chi connectivity index (χ1) is 9.06. The van der Waals surface area contributed by atoms with Crippen molar-refractivity contribution < 1.29 is 0 Å². The molecule has 0 aliphatic carbocycles. The zero-order valence-electron chi connectivity index (χ0n) is 11.4. The predicted octanol–water partition coefficient (Wildman–Crippen LogP) is 3.51. The van der Waals surface area contributed by atoms with Crippen LogP contribution >= 0.6 is 0 Å². The van der Waals surface area contributed by atoms with Gasteiger partial charge in [-0.05, 0) is 50.1 Å². The molecule has 3 aromatic rings. The number of hydrogen-bond donors (Lipinski definition) is 1. The van der Waals surface area contributed by atoms with Crippen molar-refractivity contribution in [1.29, 1.82) is 0 Å². The topological polar surface area (TPSA) is 43.3 Å². The maximum atomic E-state index is 5.89. The molecule has 0 spiro atoms. The Kier molecular flexibility index (Phi) is 2.56. The van der Waals surface area contributed by atoms with Crippen molar-refractivity contribution >= 4 is 11.2 Å². The molecule has 0 bridgehead atoms. The number of aryl methyl sites for hydroxylation is 3. The summed E-state index contributed by atoms with van der Waals surface area (Å²) in [7, 11) is 0. The van der Waals surface area contributed by atoms with Gasteiger partial charge in [-0.1, -0.05) is 12.1 Å². The zero-order chi connectivity index (χ0) is 13.6. The zero-order valence-corrected chi connectivity index (χ0v) is 11.4. The van der Waals surface area contributed by atoms with Gasteiger partial charge in [0.2, 0.25) is 0 Å². The molecular formula is C16H17N3. The van der Waals surface area contributed by atoms with E-state index in [0.29, 0.717) is 0 Å². The van der Waals surface area contributed by atoms with Crippen molar-refractivity contribution in [2.24, 2.45) is 0 Å². The van der Waals surface area contributed by atoms with Crippen LogP contribution in [0.2, 0.25) is 0 Å². The molecule has 0 saturated heterocycles. The van der Waals surface area contributed by atoms with Gasteiger partial charge in [-0.3, -0.25) is 0 Å². The number of nitrogens with two attached hydrogens (primary N) is 1. The molecule has 0 unspecified atom stereocenters. The Hall–Kier alpha value is -2.29. The van der Waals surface area contributed by atoms with Gasteiger partial charge in [0.05, 0.1) is 11.2 Å². The highest BCUT2D eigenvalue weighted by Crippen LogP contribution is 2.27. The Labute approximate surface area is 112 Å². The number of hydrogen-bond acceptors (Lipinski definition) is 2. The minimum atomic E-state index is 0.762. The van der Waals surface area contributed by atoms with Crippen LogP contribution in [0, 0.1) is 20.8 Å². The number of anilines is 1. The second-order valence-electron chi connectivity index (χ2n) is 5.02. The Morgan fingerprint density at radius 3 is 2.53 bits per heavy atom. The minimum Gasteiger partial charge on any atom is -0.399 e. The number of fused-ring (bicyclic) bond motifs is 1. The smallest absolute Gasteiger partial charge is 0.110 e. The third-order valence-corrected chi connectivity index (χ3v) is 3.62. The molecule has 0 radical (unpaired) electrons. The second kappa shape index (κ2) is 4.12. The minimum absolute atomic E-state index is 0.762. The Morgan fingerprint density at radius 1 is 1.00 bits per heavy atom. The van der Waals surface area contributed by atoms with Gasteiger partial charge in [0.1, 0.15) is 5.82 Å². The first kappa shape index (κ1) is 11.8. The number of benzene rings is 1. The summed E-state index contributed by atoms with van der Waals surface area (Å²) in [6.45, 7) is 6.25. The lowest BCUT2D eigenvalue weighted by Crippen LogP contribution is -1.90. The summed E-state index contributed by atoms with van der Waals surface area (Å²) < 4.78 is 2.07. The van der Waals surface area contributed by atoms with Gasteiger partial charge in [0.15, 0.2) is 0 Å². The quantitative estimate of drug-likeness (QED) is 0.719. The van der Waals surface area contributed by atoms with Crippen LogP contribution in [-0.2, 0) is 0 Å². The van der Waals surface area contributed by atoms with Crippen LogP contribution in [0.5, 0.6) is 0 Å². The maximum absolute atomic E-state index is 5.89. The molecule has 3 heteroatoms. The van der Waals surface area contributed by atoms with Gasteiger partial charge >= 0.3 is 0 Å². The molecule has 0 saturated carbocycles. The fourth-order valence-corrected chi connectivity index (χ4v) is 2.36. The summed E-state index contributed by atoms with van der Waals surface area (Å²) in [6.07, 6.45) is 1.97. The van der Waals surface area contributed by atoms with Gasteiger partial charge in [-0.15, -0.1) is 0 Å². The van der Waals surface area contributed by atoms with E-state index >= 15 is 0 Å². The monoisotopic (exact) mass is 251 g/mol. The predicted molar refractivity (Wildman–Crippen MR) is 79.3 cm³/mol. The number of nitrogen functional groups attached to an aromatic ring is 1. The van der Waals surface area contributed by atoms with E-state index in [4.69, 9.17) is 5.73 Å². The average Bonchev–Trinajstić information content (AvgIpc) is 2.70. The van der Waals surface area contributed by atoms with Crippen LogP contribution in [0.25, 0.3) is 16.8 Å². The van der Waals surface area contributed by atoms with Gasteiger partial charge in [0.25, 0.3) is 0 Å². The normalized spacial score (nSPS) is 11.1. The van der Waals surface area contributed by atoms with Gasteiger partial charge in [-0.25, -0.2) is 4.98 Å². The Balaban J connectivity index is 2.29. The molecule has 0 atom stereocenters. The van der Waals surface area contributed by atoms with Crippen LogP contribution in [0.15, 0.2) is 36.5 Å². The number of aromatic nitrogens is 2. The largest absolute Gasteiger partial charge is 0.399 e. The molecule has 2 heterocycles. The highest BCUT2D eigenvalue weighted by atomic mass is 15.0. The molecular weight excluding hydrogens is 234 g/mol. The standard InChI is InChI=1S/C16H17N3/c1-10-4-5-13(8-11(10)2)16-15-9-14(17)6-7-19(15)12(3)18-16/h4-9H,17H2,1-3H3. The van der Waals surface area contributed by atoms with Crippen LogP contribution < -0.4 is 5.73 Å². The lowest BCUT2D eigenvalue weighted by molar-refractivity contribution is 1.05. The molecule has 96 valence electrons. The summed E-state index contributed by atoms with van der Waals surface area (Å²) in [5.41, 5.74) is 12.4. The number of rotatable bonds is 1. The fourth-order valence-electron chi connectivity index (χ4n) is 2.36. The summed E-state index contributed by atoms with van der Waals surface area (Å²) >= 11 is 0. The van der Waals surface area contributed by atoms with Gasteiger partial charge in [-0.2, -0.15) is 0 Å². The molecule has 2 aromatic heterocycles. The number of nitrogens with zero attached hydrogens (tertiary/aromatic N) is 2. The highest BCUT2D eigenvalue weighted by Gasteiger charge is 2.11. The van der Waals surface area contributed by atoms with Gasteiger partial charge in [0, 0.05) is 17.4 Å². The van der Waals surface area contributed by atoms with Crippen LogP contribution in [0.1, 0.15) is 17.0 Å². The fraction of sp³-hybridized carbons (Fsp3) is 0.188. The molecule has 0 aliphatic rings. The lowest BCUT2D eigenvalue weighted by Gasteiger charge is -2.04. The van der Waals surface area contributed by atoms with Crippen LogP contribution in [0.4, 0.5) is 5.69 Å². The number of imidazole rings is 1. The molecule has 3 rings (SSSR count). The van der Waals surface area contributed by atoms with E-state index in [0.717, 1.165) is 28.3 Å². The lowest BCUT2D eigenvalue weighted by atomic mass is 10.0. The summed E-state index contributed by atoms with van der Waals surface area (Å²) in [6, 6.07) is 10.3. The first-order valence-corrected chi connectivity index (χ1v) is 6.38. The summed E-state index contributed by atoms with van der Waals surface area (Å²) in [4.78, 5) is 4.68. The van der Waals surface area contributed by atoms with E-state index in [9.17, 15) is 0 Å². The van der Waals surface area contributed by atoms with E-state index in [1.165, 1.54) is 11.1 Å². The van der Waals surface area contributed by atoms with Crippen molar-refractivity contribution in [2.75, 3.05) is 5.73 Å². The maximum Gasteiger partial charge on any atom is 0.110 e. The average molecular weight is 251 g/mol. The van der Waals surface area contributed by atoms with E-state index in [2.05, 4.69) is 41.4 Å². The third kappa shape index (κ3) is 1.87. The van der Waals surface area contributed by atoms with Crippen molar-refractivity contribution in [1.82, 2.24) is 9.38 Å². The van der Waals surface area contributed by atoms with Crippen molar-refractivity contribution in [3.05, 3.63) is 53.5 Å². The van der Waals surface area contributed by atoms with Gasteiger partial charge < -0.3 is 10.1 Å². The molecule has 2 N–H and O–H groups in total. The Morgan fingerprint density at radius 2 is 1.79 bits per heavy atom. The first-order valence-electron chi connectivity index (χ1n) is 6.38. The molecule has 19 heavy (non-hydrogen) atoms. The van der Waals surface area contributed by atoms with E-state index in [1.807, 2.05) is 25.3 Å².